The van der Waals surface area contributed by atoms with Crippen LogP contribution in [0, 0.1) is 11.8 Å². The van der Waals surface area contributed by atoms with Crippen molar-refractivity contribution in [1.82, 2.24) is 4.90 Å². The summed E-state index contributed by atoms with van der Waals surface area (Å²) in [5, 5.41) is 0. The third-order valence-electron chi connectivity index (χ3n) is 3.06. The molecule has 1 rings (SSSR count). The molecule has 0 radical (unpaired) electrons. The highest BCUT2D eigenvalue weighted by Crippen LogP contribution is 2.16. The lowest BCUT2D eigenvalue weighted by molar-refractivity contribution is -0.136. The highest BCUT2D eigenvalue weighted by Gasteiger charge is 2.27. The molecule has 3 unspecified atom stereocenters. The van der Waals surface area contributed by atoms with Crippen molar-refractivity contribution >= 4 is 18.3 Å². The maximum atomic E-state index is 11.8. The molecule has 0 aromatic heterocycles. The van der Waals surface area contributed by atoms with E-state index in [0.717, 1.165) is 19.5 Å². The first-order valence-electron chi connectivity index (χ1n) is 5.30. The van der Waals surface area contributed by atoms with Crippen LogP contribution in [0.3, 0.4) is 0 Å². The number of rotatable bonds is 2. The van der Waals surface area contributed by atoms with Gasteiger partial charge >= 0.3 is 0 Å². The quantitative estimate of drug-likeness (QED) is 0.718. The standard InChI is InChI=1S/C10H21N3O.ClH/c1-7(5-11)10(14)13-4-3-9(12)8(2)6-13;/h7-9H,3-6,11-12H2,1-2H3;1H. The molecule has 0 bridgehead atoms. The van der Waals surface area contributed by atoms with Gasteiger partial charge in [0.05, 0.1) is 0 Å². The first-order valence-corrected chi connectivity index (χ1v) is 5.30. The van der Waals surface area contributed by atoms with Crippen LogP contribution >= 0.6 is 12.4 Å². The second kappa shape index (κ2) is 6.30. The van der Waals surface area contributed by atoms with E-state index in [2.05, 4.69) is 6.92 Å². The van der Waals surface area contributed by atoms with Gasteiger partial charge in [-0.25, -0.2) is 0 Å². The highest BCUT2D eigenvalue weighted by atomic mass is 35.5. The minimum Gasteiger partial charge on any atom is -0.342 e. The molecule has 1 amide bonds. The van der Waals surface area contributed by atoms with Crippen LogP contribution in [-0.4, -0.2) is 36.5 Å². The molecule has 0 saturated carbocycles. The van der Waals surface area contributed by atoms with Crippen molar-refractivity contribution in [2.75, 3.05) is 19.6 Å². The maximum Gasteiger partial charge on any atom is 0.226 e. The molecule has 1 fully saturated rings. The van der Waals surface area contributed by atoms with Crippen molar-refractivity contribution in [3.8, 4) is 0 Å². The molecular weight excluding hydrogens is 214 g/mol. The van der Waals surface area contributed by atoms with Gasteiger partial charge in [-0.3, -0.25) is 4.79 Å². The Bertz CT molecular complexity index is 213. The van der Waals surface area contributed by atoms with Crippen LogP contribution < -0.4 is 11.5 Å². The predicted octanol–water partition coefficient (Wildman–Crippen LogP) is 0.199. The van der Waals surface area contributed by atoms with Crippen LogP contribution in [0.25, 0.3) is 0 Å². The Hall–Kier alpha value is -0.320. The molecule has 1 heterocycles. The van der Waals surface area contributed by atoms with Crippen LogP contribution in [0.5, 0.6) is 0 Å². The van der Waals surface area contributed by atoms with E-state index in [-0.39, 0.29) is 30.3 Å². The first kappa shape index (κ1) is 14.7. The van der Waals surface area contributed by atoms with E-state index in [1.165, 1.54) is 0 Å². The number of nitrogens with zero attached hydrogens (tertiary/aromatic N) is 1. The van der Waals surface area contributed by atoms with Gasteiger partial charge in [-0.1, -0.05) is 13.8 Å². The molecule has 15 heavy (non-hydrogen) atoms. The summed E-state index contributed by atoms with van der Waals surface area (Å²) in [6, 6.07) is 0.243. The molecule has 1 saturated heterocycles. The van der Waals surface area contributed by atoms with Gasteiger partial charge in [-0.2, -0.15) is 0 Å². The Morgan fingerprint density at radius 2 is 2.20 bits per heavy atom. The number of nitrogens with two attached hydrogens (primary N) is 2. The van der Waals surface area contributed by atoms with E-state index in [9.17, 15) is 4.79 Å². The monoisotopic (exact) mass is 235 g/mol. The van der Waals surface area contributed by atoms with Crippen LogP contribution in [0.15, 0.2) is 0 Å². The molecule has 5 heteroatoms. The average molecular weight is 236 g/mol. The van der Waals surface area contributed by atoms with Gasteiger partial charge < -0.3 is 16.4 Å². The fraction of sp³-hybridized carbons (Fsp3) is 0.900. The van der Waals surface area contributed by atoms with Crippen molar-refractivity contribution in [2.45, 2.75) is 26.3 Å². The molecule has 90 valence electrons. The third-order valence-corrected chi connectivity index (χ3v) is 3.06. The highest BCUT2D eigenvalue weighted by molar-refractivity contribution is 5.85. The summed E-state index contributed by atoms with van der Waals surface area (Å²) in [5.41, 5.74) is 11.4. The average Bonchev–Trinajstić information content (AvgIpc) is 2.20. The van der Waals surface area contributed by atoms with Gasteiger partial charge in [-0.05, 0) is 12.3 Å². The van der Waals surface area contributed by atoms with Gasteiger partial charge in [0.1, 0.15) is 0 Å². The fourth-order valence-corrected chi connectivity index (χ4v) is 1.78. The van der Waals surface area contributed by atoms with Crippen LogP contribution in [0.2, 0.25) is 0 Å². The van der Waals surface area contributed by atoms with Crippen LogP contribution in [0.4, 0.5) is 0 Å². The minimum absolute atomic E-state index is 0. The smallest absolute Gasteiger partial charge is 0.226 e. The summed E-state index contributed by atoms with van der Waals surface area (Å²) in [6.07, 6.45) is 0.907. The lowest BCUT2D eigenvalue weighted by Crippen LogP contribution is -2.50. The molecule has 0 aromatic rings. The normalized spacial score (nSPS) is 28.1. The zero-order valence-electron chi connectivity index (χ0n) is 9.48. The summed E-state index contributed by atoms with van der Waals surface area (Å²) >= 11 is 0. The fourth-order valence-electron chi connectivity index (χ4n) is 1.78. The Morgan fingerprint density at radius 3 is 2.67 bits per heavy atom. The van der Waals surface area contributed by atoms with Gasteiger partial charge in [0.2, 0.25) is 5.91 Å². The Labute approximate surface area is 97.8 Å². The first-order chi connectivity index (χ1) is 6.56. The van der Waals surface area contributed by atoms with E-state index in [0.29, 0.717) is 12.5 Å². The number of carbonyl (C=O) groups is 1. The largest absolute Gasteiger partial charge is 0.342 e. The summed E-state index contributed by atoms with van der Waals surface area (Å²) in [5.74, 6) is 0.514. The van der Waals surface area contributed by atoms with Gasteiger partial charge in [0.25, 0.3) is 0 Å². The van der Waals surface area contributed by atoms with Gasteiger partial charge in [0.15, 0.2) is 0 Å². The number of halogens is 1. The molecule has 4 N–H and O–H groups in total. The van der Waals surface area contributed by atoms with Crippen molar-refractivity contribution in [3.05, 3.63) is 0 Å². The van der Waals surface area contributed by atoms with Crippen LogP contribution in [-0.2, 0) is 4.79 Å². The molecule has 3 atom stereocenters. The molecule has 0 aliphatic carbocycles. The SMILES string of the molecule is CC(CN)C(=O)N1CCC(N)C(C)C1.Cl. The lowest BCUT2D eigenvalue weighted by Gasteiger charge is -2.36. The molecule has 1 aliphatic heterocycles. The zero-order valence-corrected chi connectivity index (χ0v) is 10.3. The van der Waals surface area contributed by atoms with E-state index in [4.69, 9.17) is 11.5 Å². The number of piperidine rings is 1. The summed E-state index contributed by atoms with van der Waals surface area (Å²) in [6.45, 7) is 5.97. The van der Waals surface area contributed by atoms with E-state index >= 15 is 0 Å². The van der Waals surface area contributed by atoms with Crippen molar-refractivity contribution in [1.29, 1.82) is 0 Å². The van der Waals surface area contributed by atoms with Crippen molar-refractivity contribution in [2.24, 2.45) is 23.3 Å². The number of carbonyl (C=O) groups excluding carboxylic acids is 1. The van der Waals surface area contributed by atoms with Gasteiger partial charge in [-0.15, -0.1) is 12.4 Å². The summed E-state index contributed by atoms with van der Waals surface area (Å²) in [7, 11) is 0. The Kier molecular flexibility index (Phi) is 6.17. The second-order valence-electron chi connectivity index (χ2n) is 4.35. The predicted molar refractivity (Wildman–Crippen MR) is 63.8 cm³/mol. The lowest BCUT2D eigenvalue weighted by atomic mass is 9.94. The van der Waals surface area contributed by atoms with Crippen molar-refractivity contribution < 1.29 is 4.79 Å². The number of hydrogen-bond donors (Lipinski definition) is 2. The zero-order chi connectivity index (χ0) is 10.7. The van der Waals surface area contributed by atoms with E-state index in [1.54, 1.807) is 0 Å². The Morgan fingerprint density at radius 1 is 1.60 bits per heavy atom. The molecular formula is C10H22ClN3O. The number of likely N-dealkylation sites (tertiary alicyclic amines) is 1. The third kappa shape index (κ3) is 3.63. The van der Waals surface area contributed by atoms with E-state index < -0.39 is 0 Å². The number of hydrogen-bond acceptors (Lipinski definition) is 3. The van der Waals surface area contributed by atoms with Crippen molar-refractivity contribution in [3.63, 3.8) is 0 Å². The van der Waals surface area contributed by atoms with E-state index in [1.807, 2.05) is 11.8 Å². The molecule has 1 aliphatic rings. The second-order valence-corrected chi connectivity index (χ2v) is 4.35. The van der Waals surface area contributed by atoms with Gasteiger partial charge in [0, 0.05) is 31.6 Å². The minimum atomic E-state index is -0.0588. The molecule has 4 nitrogen and oxygen atoms in total. The maximum absolute atomic E-state index is 11.8. The molecule has 0 spiro atoms. The topological polar surface area (TPSA) is 72.4 Å². The van der Waals surface area contributed by atoms with Crippen LogP contribution in [0.1, 0.15) is 20.3 Å². The summed E-state index contributed by atoms with van der Waals surface area (Å²) in [4.78, 5) is 13.7. The Balaban J connectivity index is 0.00000196. The number of amides is 1. The molecule has 0 aromatic carbocycles. The summed E-state index contributed by atoms with van der Waals surface area (Å²) < 4.78 is 0.